The Kier molecular flexibility index (Phi) is 3.77. The zero-order chi connectivity index (χ0) is 18.1. The minimum atomic E-state index is -0.753. The van der Waals surface area contributed by atoms with Crippen LogP contribution in [0.1, 0.15) is 15.9 Å². The molecule has 0 atom stereocenters. The largest absolute Gasteiger partial charge is 0.422 e. The molecule has 0 fully saturated rings. The van der Waals surface area contributed by atoms with E-state index in [-0.39, 0.29) is 11.3 Å². The summed E-state index contributed by atoms with van der Waals surface area (Å²) in [5.41, 5.74) is 9.81. The summed E-state index contributed by atoms with van der Waals surface area (Å²) in [7, 11) is 0. The van der Waals surface area contributed by atoms with Gasteiger partial charge in [-0.1, -0.05) is 60.7 Å². The Morgan fingerprint density at radius 2 is 1.65 bits per heavy atom. The van der Waals surface area contributed by atoms with E-state index in [0.29, 0.717) is 16.9 Å². The molecule has 5 nitrogen and oxygen atoms in total. The van der Waals surface area contributed by atoms with Crippen molar-refractivity contribution in [3.8, 4) is 5.75 Å². The van der Waals surface area contributed by atoms with Crippen LogP contribution >= 0.6 is 0 Å². The fourth-order valence-corrected chi connectivity index (χ4v) is 3.00. The van der Waals surface area contributed by atoms with Crippen LogP contribution < -0.4 is 4.74 Å². The lowest BCUT2D eigenvalue weighted by Crippen LogP contribution is -2.29. The average molecular weight is 340 g/mol. The van der Waals surface area contributed by atoms with Crippen molar-refractivity contribution in [1.29, 1.82) is 0 Å². The van der Waals surface area contributed by atoms with Crippen LogP contribution in [0, 0.1) is 0 Å². The van der Waals surface area contributed by atoms with Gasteiger partial charge in [-0.05, 0) is 23.1 Å². The molecule has 0 saturated heterocycles. The van der Waals surface area contributed by atoms with E-state index in [1.165, 1.54) is 6.08 Å². The Morgan fingerprint density at radius 3 is 2.50 bits per heavy atom. The number of nitrogens with zero attached hydrogens (tertiary/aromatic N) is 2. The van der Waals surface area contributed by atoms with Crippen LogP contribution in [0.5, 0.6) is 5.75 Å². The van der Waals surface area contributed by atoms with Gasteiger partial charge in [-0.25, -0.2) is 4.79 Å². The van der Waals surface area contributed by atoms with Gasteiger partial charge in [-0.3, -0.25) is 4.79 Å². The summed E-state index contributed by atoms with van der Waals surface area (Å²) in [4.78, 5) is 28.2. The van der Waals surface area contributed by atoms with Gasteiger partial charge in [0.1, 0.15) is 5.75 Å². The standard InChI is InChI=1S/C21H12N2O3/c22-23-19-17(12-14-7-2-4-10-16(14)20(19)24)21(25)26-18-11-5-8-13-6-1-3-9-15(13)18/h1-12H. The number of hydrogen-bond acceptors (Lipinski definition) is 3. The van der Waals surface area contributed by atoms with E-state index in [1.807, 2.05) is 30.3 Å². The van der Waals surface area contributed by atoms with Crippen molar-refractivity contribution in [3.05, 3.63) is 89.0 Å². The normalized spacial score (nSPS) is 13.0. The highest BCUT2D eigenvalue weighted by Gasteiger charge is 2.37. The van der Waals surface area contributed by atoms with Crippen LogP contribution in [0.2, 0.25) is 0 Å². The minimum Gasteiger partial charge on any atom is -0.422 e. The maximum absolute atomic E-state index is 12.7. The lowest BCUT2D eigenvalue weighted by molar-refractivity contribution is -0.129. The highest BCUT2D eigenvalue weighted by molar-refractivity contribution is 6.56. The maximum Gasteiger partial charge on any atom is 0.377 e. The number of hydrogen-bond donors (Lipinski definition) is 0. The molecule has 26 heavy (non-hydrogen) atoms. The van der Waals surface area contributed by atoms with Gasteiger partial charge in [0.25, 0.3) is 5.78 Å². The highest BCUT2D eigenvalue weighted by Crippen LogP contribution is 2.27. The fourth-order valence-electron chi connectivity index (χ4n) is 3.00. The number of esters is 1. The highest BCUT2D eigenvalue weighted by atomic mass is 16.5. The minimum absolute atomic E-state index is 0.0795. The van der Waals surface area contributed by atoms with Crippen LogP contribution in [0.3, 0.4) is 0 Å². The van der Waals surface area contributed by atoms with Gasteiger partial charge in [0.15, 0.2) is 5.57 Å². The number of ether oxygens (including phenoxy) is 1. The summed E-state index contributed by atoms with van der Waals surface area (Å²) >= 11 is 0. The summed E-state index contributed by atoms with van der Waals surface area (Å²) < 4.78 is 5.51. The molecular weight excluding hydrogens is 328 g/mol. The second-order valence-corrected chi connectivity index (χ2v) is 5.79. The van der Waals surface area contributed by atoms with Crippen molar-refractivity contribution >= 4 is 34.3 Å². The second-order valence-electron chi connectivity index (χ2n) is 5.79. The molecule has 0 heterocycles. The molecule has 1 aliphatic carbocycles. The summed E-state index contributed by atoms with van der Waals surface area (Å²) in [5, 5.41) is 1.70. The lowest BCUT2D eigenvalue weighted by Gasteiger charge is -2.12. The van der Waals surface area contributed by atoms with E-state index in [1.54, 1.807) is 36.4 Å². The zero-order valence-corrected chi connectivity index (χ0v) is 13.5. The Hall–Kier alpha value is -3.82. The smallest absolute Gasteiger partial charge is 0.377 e. The van der Waals surface area contributed by atoms with Gasteiger partial charge in [-0.15, -0.1) is 0 Å². The summed E-state index contributed by atoms with van der Waals surface area (Å²) in [6, 6.07) is 19.7. The van der Waals surface area contributed by atoms with E-state index in [0.717, 1.165) is 10.8 Å². The molecule has 0 saturated carbocycles. The second kappa shape index (κ2) is 6.24. The van der Waals surface area contributed by atoms with Crippen molar-refractivity contribution < 1.29 is 19.1 Å². The number of rotatable bonds is 2. The monoisotopic (exact) mass is 340 g/mol. The van der Waals surface area contributed by atoms with Crippen LogP contribution in [0.25, 0.3) is 22.4 Å². The Labute approximate surface area is 148 Å². The number of Topliss-reactive ketones (excluding diaryl/α,β-unsaturated/α-hetero) is 1. The summed E-state index contributed by atoms with van der Waals surface area (Å²) in [5.74, 6) is -0.898. The molecule has 3 aromatic rings. The van der Waals surface area contributed by atoms with E-state index in [2.05, 4.69) is 4.79 Å². The summed E-state index contributed by atoms with van der Waals surface area (Å²) in [6.45, 7) is 0. The van der Waals surface area contributed by atoms with E-state index < -0.39 is 11.8 Å². The fraction of sp³-hybridized carbons (Fsp3) is 0. The molecule has 0 N–H and O–H groups in total. The summed E-state index contributed by atoms with van der Waals surface area (Å²) in [6.07, 6.45) is 1.50. The molecule has 3 aromatic carbocycles. The Bertz CT molecular complexity index is 1150. The van der Waals surface area contributed by atoms with Gasteiger partial charge >= 0.3 is 11.7 Å². The average Bonchev–Trinajstić information content (AvgIpc) is 2.68. The molecule has 0 spiro atoms. The molecule has 0 amide bonds. The topological polar surface area (TPSA) is 79.8 Å². The van der Waals surface area contributed by atoms with Crippen molar-refractivity contribution in [3.63, 3.8) is 0 Å². The van der Waals surface area contributed by atoms with Gasteiger partial charge in [-0.2, -0.15) is 4.79 Å². The molecule has 0 aliphatic heterocycles. The number of carbonyl (C=O) groups is 2. The number of carbonyl (C=O) groups excluding carboxylic acids is 2. The Morgan fingerprint density at radius 1 is 0.923 bits per heavy atom. The molecule has 1 aliphatic rings. The van der Waals surface area contributed by atoms with Gasteiger partial charge in [0.2, 0.25) is 0 Å². The van der Waals surface area contributed by atoms with Gasteiger partial charge in [0.05, 0.1) is 0 Å². The molecule has 124 valence electrons. The first-order valence-corrected chi connectivity index (χ1v) is 7.97. The predicted octanol–water partition coefficient (Wildman–Crippen LogP) is 3.70. The first-order chi connectivity index (χ1) is 12.7. The lowest BCUT2D eigenvalue weighted by atomic mass is 9.89. The van der Waals surface area contributed by atoms with Crippen molar-refractivity contribution in [2.75, 3.05) is 0 Å². The van der Waals surface area contributed by atoms with Crippen LogP contribution in [0.15, 0.2) is 72.3 Å². The van der Waals surface area contributed by atoms with Gasteiger partial charge < -0.3 is 10.3 Å². The van der Waals surface area contributed by atoms with E-state index in [4.69, 9.17) is 4.74 Å². The molecular formula is C21H12N2O3. The molecule has 0 radical (unpaired) electrons. The van der Waals surface area contributed by atoms with Crippen LogP contribution in [0.4, 0.5) is 0 Å². The van der Waals surface area contributed by atoms with Crippen molar-refractivity contribution in [2.45, 2.75) is 0 Å². The molecule has 0 bridgehead atoms. The Balaban J connectivity index is 1.77. The number of fused-ring (bicyclic) bond motifs is 2. The quantitative estimate of drug-likeness (QED) is 0.309. The predicted molar refractivity (Wildman–Crippen MR) is 97.0 cm³/mol. The third kappa shape index (κ3) is 2.53. The molecule has 0 unspecified atom stereocenters. The molecule has 0 aromatic heterocycles. The first kappa shape index (κ1) is 15.7. The van der Waals surface area contributed by atoms with Crippen molar-refractivity contribution in [2.24, 2.45) is 0 Å². The number of benzene rings is 3. The van der Waals surface area contributed by atoms with Gasteiger partial charge in [0, 0.05) is 10.9 Å². The first-order valence-electron chi connectivity index (χ1n) is 7.97. The zero-order valence-electron chi connectivity index (χ0n) is 13.5. The van der Waals surface area contributed by atoms with Crippen molar-refractivity contribution in [1.82, 2.24) is 0 Å². The van der Waals surface area contributed by atoms with E-state index >= 15 is 0 Å². The third-order valence-corrected chi connectivity index (χ3v) is 4.25. The van der Waals surface area contributed by atoms with E-state index in [9.17, 15) is 15.1 Å². The SMILES string of the molecule is [N-]=[N+]=C1C(=O)c2ccccc2C=C1C(=O)Oc1cccc2ccccc12. The number of ketones is 1. The molecule has 5 heteroatoms. The van der Waals surface area contributed by atoms with Crippen LogP contribution in [-0.4, -0.2) is 22.3 Å². The maximum atomic E-state index is 12.7. The van der Waals surface area contributed by atoms with Crippen LogP contribution in [-0.2, 0) is 4.79 Å². The third-order valence-electron chi connectivity index (χ3n) is 4.25. The molecule has 4 rings (SSSR count).